The van der Waals surface area contributed by atoms with Crippen LogP contribution in [-0.2, 0) is 0 Å². The molecule has 0 unspecified atom stereocenters. The lowest BCUT2D eigenvalue weighted by molar-refractivity contribution is 0.232. The van der Waals surface area contributed by atoms with Crippen LogP contribution in [0.25, 0.3) is 0 Å². The molecule has 0 saturated carbocycles. The molecule has 2 N–H and O–H groups in total. The number of piperidine rings is 1. The van der Waals surface area contributed by atoms with Crippen molar-refractivity contribution in [3.63, 3.8) is 0 Å². The van der Waals surface area contributed by atoms with Crippen molar-refractivity contribution < 1.29 is 4.74 Å². The van der Waals surface area contributed by atoms with Gasteiger partial charge in [-0.15, -0.1) is 0 Å². The van der Waals surface area contributed by atoms with Gasteiger partial charge in [-0.3, -0.25) is 4.98 Å². The van der Waals surface area contributed by atoms with Gasteiger partial charge in [0.15, 0.2) is 0 Å². The van der Waals surface area contributed by atoms with Gasteiger partial charge in [0.25, 0.3) is 0 Å². The quantitative estimate of drug-likeness (QED) is 0.832. The first-order valence-corrected chi connectivity index (χ1v) is 6.67. The summed E-state index contributed by atoms with van der Waals surface area (Å²) in [6.07, 6.45) is 5.97. The van der Waals surface area contributed by atoms with E-state index in [9.17, 15) is 0 Å². The number of aromatic nitrogens is 2. The Morgan fingerprint density at radius 2 is 2.17 bits per heavy atom. The van der Waals surface area contributed by atoms with E-state index in [1.54, 1.807) is 12.4 Å². The molecule has 0 bridgehead atoms. The summed E-state index contributed by atoms with van der Waals surface area (Å²) in [4.78, 5) is 8.52. The van der Waals surface area contributed by atoms with E-state index in [1.807, 2.05) is 13.8 Å². The molecule has 1 aliphatic heterocycles. The zero-order valence-electron chi connectivity index (χ0n) is 11.1. The Bertz CT molecular complexity index is 364. The molecule has 5 nitrogen and oxygen atoms in total. The Hall–Kier alpha value is -1.36. The molecule has 2 rings (SSSR count). The van der Waals surface area contributed by atoms with Gasteiger partial charge in [-0.1, -0.05) is 0 Å². The molecule has 0 aliphatic carbocycles. The molecule has 0 radical (unpaired) electrons. The maximum atomic E-state index is 5.52. The minimum absolute atomic E-state index is 0.124. The highest BCUT2D eigenvalue weighted by atomic mass is 16.5. The number of anilines is 1. The maximum absolute atomic E-state index is 5.52. The third kappa shape index (κ3) is 4.14. The molecule has 1 aromatic heterocycles. The number of nitrogens with one attached hydrogen (secondary N) is 2. The summed E-state index contributed by atoms with van der Waals surface area (Å²) >= 11 is 0. The lowest BCUT2D eigenvalue weighted by atomic mass is 9.98. The average Bonchev–Trinajstić information content (AvgIpc) is 2.37. The van der Waals surface area contributed by atoms with Gasteiger partial charge in [-0.25, -0.2) is 0 Å². The second-order valence-electron chi connectivity index (χ2n) is 4.98. The second kappa shape index (κ2) is 6.54. The molecule has 0 aromatic carbocycles. The zero-order valence-corrected chi connectivity index (χ0v) is 11.1. The average molecular weight is 250 g/mol. The van der Waals surface area contributed by atoms with Crippen LogP contribution in [0.15, 0.2) is 12.4 Å². The topological polar surface area (TPSA) is 59.1 Å². The number of ether oxygens (including phenoxy) is 1. The summed E-state index contributed by atoms with van der Waals surface area (Å²) in [7, 11) is 0. The Labute approximate surface area is 108 Å². The Balaban J connectivity index is 1.84. The summed E-state index contributed by atoms with van der Waals surface area (Å²) in [5, 5.41) is 6.71. The first-order chi connectivity index (χ1) is 8.74. The van der Waals surface area contributed by atoms with Crippen LogP contribution in [0.5, 0.6) is 5.88 Å². The minimum atomic E-state index is 0.124. The summed E-state index contributed by atoms with van der Waals surface area (Å²) in [5.41, 5.74) is 0. The molecular weight excluding hydrogens is 228 g/mol. The molecule has 0 atom stereocenters. The molecule has 1 aliphatic rings. The smallest absolute Gasteiger partial charge is 0.234 e. The second-order valence-corrected chi connectivity index (χ2v) is 4.98. The lowest BCUT2D eigenvalue weighted by Crippen LogP contribution is -2.31. The summed E-state index contributed by atoms with van der Waals surface area (Å²) < 4.78 is 5.52. The highest BCUT2D eigenvalue weighted by molar-refractivity contribution is 5.33. The van der Waals surface area contributed by atoms with Crippen molar-refractivity contribution in [1.82, 2.24) is 15.3 Å². The van der Waals surface area contributed by atoms with Crippen molar-refractivity contribution in [3.05, 3.63) is 12.4 Å². The molecular formula is C13H22N4O. The highest BCUT2D eigenvalue weighted by Gasteiger charge is 2.12. The van der Waals surface area contributed by atoms with Crippen LogP contribution < -0.4 is 15.4 Å². The normalized spacial score (nSPS) is 16.8. The van der Waals surface area contributed by atoms with Crippen molar-refractivity contribution in [1.29, 1.82) is 0 Å². The summed E-state index contributed by atoms with van der Waals surface area (Å²) in [6, 6.07) is 0. The predicted molar refractivity (Wildman–Crippen MR) is 71.9 cm³/mol. The molecule has 1 saturated heterocycles. The molecule has 1 aromatic rings. The fraction of sp³-hybridized carbons (Fsp3) is 0.692. The number of rotatable bonds is 5. The van der Waals surface area contributed by atoms with Gasteiger partial charge >= 0.3 is 0 Å². The predicted octanol–water partition coefficient (Wildman–Crippen LogP) is 1.68. The molecule has 100 valence electrons. The van der Waals surface area contributed by atoms with Gasteiger partial charge in [-0.2, -0.15) is 4.98 Å². The Morgan fingerprint density at radius 3 is 2.89 bits per heavy atom. The van der Waals surface area contributed by atoms with Crippen molar-refractivity contribution in [2.24, 2.45) is 5.92 Å². The number of hydrogen-bond donors (Lipinski definition) is 2. The third-order valence-electron chi connectivity index (χ3n) is 3.00. The van der Waals surface area contributed by atoms with E-state index < -0.39 is 0 Å². The van der Waals surface area contributed by atoms with E-state index in [1.165, 1.54) is 12.8 Å². The number of nitrogens with zero attached hydrogens (tertiary/aromatic N) is 2. The van der Waals surface area contributed by atoms with E-state index in [-0.39, 0.29) is 6.10 Å². The molecule has 18 heavy (non-hydrogen) atoms. The Kier molecular flexibility index (Phi) is 4.75. The van der Waals surface area contributed by atoms with Crippen molar-refractivity contribution in [3.8, 4) is 5.88 Å². The summed E-state index contributed by atoms with van der Waals surface area (Å²) in [6.45, 7) is 7.16. The zero-order chi connectivity index (χ0) is 12.8. The maximum Gasteiger partial charge on any atom is 0.234 e. The standard InChI is InChI=1S/C13H22N4O/c1-10(2)18-13-9-15-8-12(17-13)16-7-11-3-5-14-6-4-11/h8-11,14H,3-7H2,1-2H3,(H,16,17). The fourth-order valence-electron chi connectivity index (χ4n) is 2.07. The summed E-state index contributed by atoms with van der Waals surface area (Å²) in [5.74, 6) is 2.11. The van der Waals surface area contributed by atoms with Crippen LogP contribution in [0.1, 0.15) is 26.7 Å². The van der Waals surface area contributed by atoms with Crippen LogP contribution in [0, 0.1) is 5.92 Å². The highest BCUT2D eigenvalue weighted by Crippen LogP contribution is 2.14. The van der Waals surface area contributed by atoms with Gasteiger partial charge in [0.05, 0.1) is 18.5 Å². The van der Waals surface area contributed by atoms with Crippen LogP contribution in [0.3, 0.4) is 0 Å². The lowest BCUT2D eigenvalue weighted by Gasteiger charge is -2.22. The molecule has 0 spiro atoms. The van der Waals surface area contributed by atoms with Gasteiger partial charge < -0.3 is 15.4 Å². The van der Waals surface area contributed by atoms with Crippen molar-refractivity contribution >= 4 is 5.82 Å². The number of hydrogen-bond acceptors (Lipinski definition) is 5. The molecule has 5 heteroatoms. The van der Waals surface area contributed by atoms with Crippen molar-refractivity contribution in [2.45, 2.75) is 32.8 Å². The van der Waals surface area contributed by atoms with E-state index in [4.69, 9.17) is 4.74 Å². The van der Waals surface area contributed by atoms with Crippen molar-refractivity contribution in [2.75, 3.05) is 25.0 Å². The van der Waals surface area contributed by atoms with E-state index in [2.05, 4.69) is 20.6 Å². The van der Waals surface area contributed by atoms with E-state index >= 15 is 0 Å². The van der Waals surface area contributed by atoms with E-state index in [0.717, 1.165) is 31.4 Å². The Morgan fingerprint density at radius 1 is 1.39 bits per heavy atom. The minimum Gasteiger partial charge on any atom is -0.474 e. The molecule has 1 fully saturated rings. The SMILES string of the molecule is CC(C)Oc1cncc(NCC2CCNCC2)n1. The van der Waals surface area contributed by atoms with Gasteiger partial charge in [0.1, 0.15) is 5.82 Å². The van der Waals surface area contributed by atoms with Crippen LogP contribution in [0.4, 0.5) is 5.82 Å². The monoisotopic (exact) mass is 250 g/mol. The fourth-order valence-corrected chi connectivity index (χ4v) is 2.07. The van der Waals surface area contributed by atoms with E-state index in [0.29, 0.717) is 5.88 Å². The molecule has 0 amide bonds. The van der Waals surface area contributed by atoms with Gasteiger partial charge in [0.2, 0.25) is 5.88 Å². The van der Waals surface area contributed by atoms with Crippen LogP contribution in [-0.4, -0.2) is 35.7 Å². The van der Waals surface area contributed by atoms with Crippen LogP contribution in [0.2, 0.25) is 0 Å². The van der Waals surface area contributed by atoms with Gasteiger partial charge in [-0.05, 0) is 45.7 Å². The third-order valence-corrected chi connectivity index (χ3v) is 3.00. The largest absolute Gasteiger partial charge is 0.474 e. The van der Waals surface area contributed by atoms with Gasteiger partial charge in [0, 0.05) is 6.54 Å². The van der Waals surface area contributed by atoms with Crippen LogP contribution >= 0.6 is 0 Å². The first kappa shape index (κ1) is 13.1. The molecule has 2 heterocycles. The first-order valence-electron chi connectivity index (χ1n) is 6.67.